The Balaban J connectivity index is 2.24. The summed E-state index contributed by atoms with van der Waals surface area (Å²) in [5, 5.41) is 20.3. The fourth-order valence-corrected chi connectivity index (χ4v) is 5.34. The second-order valence-corrected chi connectivity index (χ2v) is 8.57. The Bertz CT molecular complexity index is 439. The molecule has 0 aromatic carbocycles. The van der Waals surface area contributed by atoms with E-state index in [2.05, 4.69) is 27.0 Å². The number of aliphatic hydroxyl groups excluding tert-OH is 1. The minimum atomic E-state index is -0.793. The molecule has 0 spiro atoms. The molecule has 0 heterocycles. The number of aliphatic hydroxyl groups is 2. The number of fused-ring (bicyclic) bond motifs is 1. The van der Waals surface area contributed by atoms with Gasteiger partial charge in [-0.05, 0) is 68.1 Å². The molecule has 1 unspecified atom stereocenters. The van der Waals surface area contributed by atoms with Gasteiger partial charge in [0.25, 0.3) is 0 Å². The summed E-state index contributed by atoms with van der Waals surface area (Å²) in [5.41, 5.74) is 0.814. The lowest BCUT2D eigenvalue weighted by Crippen LogP contribution is -2.52. The van der Waals surface area contributed by atoms with Gasteiger partial charge in [-0.2, -0.15) is 0 Å². The first-order chi connectivity index (χ1) is 10.2. The molecule has 2 aliphatic rings. The van der Waals surface area contributed by atoms with Crippen LogP contribution in [0.1, 0.15) is 65.7 Å². The molecule has 22 heavy (non-hydrogen) atoms. The summed E-state index contributed by atoms with van der Waals surface area (Å²) in [7, 11) is 0. The standard InChI is InChI=1S/C20H34O2/c1-6-19(4,22)13-10-16-15(2)8-9-17-18(3,14-21)11-7-12-20(16,17)5/h6,16-17,21-22H,1-2,7-14H2,3-5H3/t16-,17-,18?,19-,20+/m0/s1. The second kappa shape index (κ2) is 6.13. The van der Waals surface area contributed by atoms with Gasteiger partial charge in [-0.25, -0.2) is 0 Å². The van der Waals surface area contributed by atoms with Gasteiger partial charge in [0.2, 0.25) is 0 Å². The van der Waals surface area contributed by atoms with Gasteiger partial charge in [-0.15, -0.1) is 6.58 Å². The quantitative estimate of drug-likeness (QED) is 0.735. The zero-order valence-corrected chi connectivity index (χ0v) is 14.7. The molecule has 2 nitrogen and oxygen atoms in total. The smallest absolute Gasteiger partial charge is 0.0797 e. The highest BCUT2D eigenvalue weighted by Gasteiger charge is 2.54. The molecule has 0 aromatic heterocycles. The Kier molecular flexibility index (Phi) is 4.94. The van der Waals surface area contributed by atoms with Gasteiger partial charge >= 0.3 is 0 Å². The zero-order valence-electron chi connectivity index (χ0n) is 14.7. The topological polar surface area (TPSA) is 40.5 Å². The Morgan fingerprint density at radius 3 is 2.64 bits per heavy atom. The van der Waals surface area contributed by atoms with Crippen molar-refractivity contribution in [1.29, 1.82) is 0 Å². The van der Waals surface area contributed by atoms with E-state index >= 15 is 0 Å². The van der Waals surface area contributed by atoms with Crippen molar-refractivity contribution in [1.82, 2.24) is 0 Å². The summed E-state index contributed by atoms with van der Waals surface area (Å²) in [6.45, 7) is 14.9. The molecule has 5 atom stereocenters. The van der Waals surface area contributed by atoms with Crippen LogP contribution in [0.4, 0.5) is 0 Å². The molecule has 2 aliphatic carbocycles. The molecule has 0 aromatic rings. The lowest BCUT2D eigenvalue weighted by atomic mass is 9.46. The van der Waals surface area contributed by atoms with Crippen molar-refractivity contribution in [3.8, 4) is 0 Å². The van der Waals surface area contributed by atoms with Crippen LogP contribution in [-0.4, -0.2) is 22.4 Å². The Morgan fingerprint density at radius 1 is 1.36 bits per heavy atom. The van der Waals surface area contributed by atoms with E-state index in [1.54, 1.807) is 6.08 Å². The summed E-state index contributed by atoms with van der Waals surface area (Å²) in [5.74, 6) is 1.01. The van der Waals surface area contributed by atoms with Gasteiger partial charge in [0.15, 0.2) is 0 Å². The maximum Gasteiger partial charge on any atom is 0.0797 e. The van der Waals surface area contributed by atoms with Crippen LogP contribution >= 0.6 is 0 Å². The van der Waals surface area contributed by atoms with Crippen LogP contribution in [0.15, 0.2) is 24.8 Å². The molecule has 2 heteroatoms. The molecular formula is C20H34O2. The Hall–Kier alpha value is -0.600. The monoisotopic (exact) mass is 306 g/mol. The van der Waals surface area contributed by atoms with Gasteiger partial charge in [0.1, 0.15) is 0 Å². The SMILES string of the molecule is C=C[C@](C)(O)CC[C@H]1C(=C)CC[C@H]2C(C)(CO)CCC[C@]12C. The Labute approximate surface area is 136 Å². The average Bonchev–Trinajstić information content (AvgIpc) is 2.46. The van der Waals surface area contributed by atoms with Gasteiger partial charge in [-0.1, -0.05) is 38.5 Å². The van der Waals surface area contributed by atoms with Crippen molar-refractivity contribution in [2.75, 3.05) is 6.61 Å². The average molecular weight is 306 g/mol. The molecule has 126 valence electrons. The molecule has 0 bridgehead atoms. The molecule has 2 N–H and O–H groups in total. The highest BCUT2D eigenvalue weighted by molar-refractivity contribution is 5.16. The van der Waals surface area contributed by atoms with E-state index in [9.17, 15) is 10.2 Å². The highest BCUT2D eigenvalue weighted by Crippen LogP contribution is 2.61. The van der Waals surface area contributed by atoms with E-state index in [1.807, 2.05) is 6.92 Å². The van der Waals surface area contributed by atoms with Crippen molar-refractivity contribution >= 4 is 0 Å². The first-order valence-electron chi connectivity index (χ1n) is 8.83. The maximum absolute atomic E-state index is 10.3. The van der Waals surface area contributed by atoms with Crippen molar-refractivity contribution in [3.05, 3.63) is 24.8 Å². The van der Waals surface area contributed by atoms with Crippen molar-refractivity contribution in [2.45, 2.75) is 71.3 Å². The molecule has 0 saturated heterocycles. The molecule has 0 amide bonds. The van der Waals surface area contributed by atoms with Crippen molar-refractivity contribution in [3.63, 3.8) is 0 Å². The second-order valence-electron chi connectivity index (χ2n) is 8.57. The van der Waals surface area contributed by atoms with Gasteiger partial charge < -0.3 is 10.2 Å². The zero-order chi connectivity index (χ0) is 16.6. The van der Waals surface area contributed by atoms with Crippen LogP contribution in [0, 0.1) is 22.7 Å². The third-order valence-electron chi connectivity index (χ3n) is 6.88. The van der Waals surface area contributed by atoms with E-state index < -0.39 is 5.60 Å². The van der Waals surface area contributed by atoms with E-state index in [4.69, 9.17) is 0 Å². The summed E-state index contributed by atoms with van der Waals surface area (Å²) >= 11 is 0. The summed E-state index contributed by atoms with van der Waals surface area (Å²) < 4.78 is 0. The minimum Gasteiger partial charge on any atom is -0.396 e. The molecular weight excluding hydrogens is 272 g/mol. The van der Waals surface area contributed by atoms with E-state index in [0.29, 0.717) is 11.8 Å². The van der Waals surface area contributed by atoms with E-state index in [-0.39, 0.29) is 17.4 Å². The summed E-state index contributed by atoms with van der Waals surface area (Å²) in [6.07, 6.45) is 9.10. The first kappa shape index (κ1) is 17.7. The first-order valence-corrected chi connectivity index (χ1v) is 8.83. The lowest BCUT2D eigenvalue weighted by Gasteiger charge is -2.58. The minimum absolute atomic E-state index is 0.0485. The Morgan fingerprint density at radius 2 is 2.05 bits per heavy atom. The van der Waals surface area contributed by atoms with Gasteiger partial charge in [0, 0.05) is 6.61 Å². The summed E-state index contributed by atoms with van der Waals surface area (Å²) in [6, 6.07) is 0. The lowest BCUT2D eigenvalue weighted by molar-refractivity contribution is -0.0885. The normalized spacial score (nSPS) is 41.6. The molecule has 0 radical (unpaired) electrons. The molecule has 2 saturated carbocycles. The third-order valence-corrected chi connectivity index (χ3v) is 6.88. The molecule has 2 rings (SSSR count). The number of hydrogen-bond acceptors (Lipinski definition) is 2. The van der Waals surface area contributed by atoms with Crippen LogP contribution in [0.25, 0.3) is 0 Å². The van der Waals surface area contributed by atoms with Crippen LogP contribution < -0.4 is 0 Å². The predicted octanol–water partition coefficient (Wildman–Crippen LogP) is 4.47. The van der Waals surface area contributed by atoms with E-state index in [1.165, 1.54) is 18.4 Å². The van der Waals surface area contributed by atoms with Crippen molar-refractivity contribution in [2.24, 2.45) is 22.7 Å². The predicted molar refractivity (Wildman–Crippen MR) is 92.6 cm³/mol. The third kappa shape index (κ3) is 3.05. The number of hydrogen-bond donors (Lipinski definition) is 2. The van der Waals surface area contributed by atoms with E-state index in [0.717, 1.165) is 32.1 Å². The molecule has 0 aliphatic heterocycles. The maximum atomic E-state index is 10.3. The van der Waals surface area contributed by atoms with Crippen LogP contribution in [0.5, 0.6) is 0 Å². The fraction of sp³-hybridized carbons (Fsp3) is 0.800. The van der Waals surface area contributed by atoms with Crippen LogP contribution in [0.3, 0.4) is 0 Å². The van der Waals surface area contributed by atoms with Crippen molar-refractivity contribution < 1.29 is 10.2 Å². The molecule has 2 fully saturated rings. The highest BCUT2D eigenvalue weighted by atomic mass is 16.3. The fourth-order valence-electron chi connectivity index (χ4n) is 5.34. The number of allylic oxidation sites excluding steroid dienone is 1. The number of rotatable bonds is 5. The largest absolute Gasteiger partial charge is 0.396 e. The van der Waals surface area contributed by atoms with Crippen LogP contribution in [0.2, 0.25) is 0 Å². The summed E-state index contributed by atoms with van der Waals surface area (Å²) in [4.78, 5) is 0. The van der Waals surface area contributed by atoms with Gasteiger partial charge in [0.05, 0.1) is 5.60 Å². The van der Waals surface area contributed by atoms with Gasteiger partial charge in [-0.3, -0.25) is 0 Å². The van der Waals surface area contributed by atoms with Crippen LogP contribution in [-0.2, 0) is 0 Å².